The number of hydrogen-bond donors (Lipinski definition) is 2. The van der Waals surface area contributed by atoms with Crippen LogP contribution < -0.4 is 5.73 Å². The van der Waals surface area contributed by atoms with Crippen molar-refractivity contribution in [2.24, 2.45) is 5.73 Å². The zero-order chi connectivity index (χ0) is 11.3. The van der Waals surface area contributed by atoms with Gasteiger partial charge in [-0.1, -0.05) is 29.8 Å². The minimum absolute atomic E-state index is 0.107. The van der Waals surface area contributed by atoms with E-state index in [4.69, 9.17) is 22.4 Å². The maximum absolute atomic E-state index is 10.4. The molecule has 80 valence electrons. The van der Waals surface area contributed by atoms with Gasteiger partial charge in [0.25, 0.3) is 0 Å². The molecule has 0 saturated carbocycles. The third-order valence-corrected chi connectivity index (χ3v) is 2.21. The van der Waals surface area contributed by atoms with Gasteiger partial charge in [0.1, 0.15) is 5.70 Å². The lowest BCUT2D eigenvalue weighted by atomic mass is 10.1. The Kier molecular flexibility index (Phi) is 4.18. The average molecular weight is 226 g/mol. The van der Waals surface area contributed by atoms with Crippen LogP contribution in [0.25, 0.3) is 0 Å². The molecule has 0 unspecified atom stereocenters. The fraction of sp³-hybridized carbons (Fsp3) is 0.182. The number of carboxylic acid groups (broad SMARTS) is 1. The number of rotatable bonds is 4. The van der Waals surface area contributed by atoms with Crippen LogP contribution in [0.1, 0.15) is 12.0 Å². The molecular weight excluding hydrogens is 214 g/mol. The summed E-state index contributed by atoms with van der Waals surface area (Å²) in [5.74, 6) is -1.08. The SMILES string of the molecule is NC(=CCCc1ccc(Cl)cc1)C(=O)O. The van der Waals surface area contributed by atoms with E-state index in [1.807, 2.05) is 12.1 Å². The van der Waals surface area contributed by atoms with E-state index >= 15 is 0 Å². The number of benzene rings is 1. The second-order valence-corrected chi connectivity index (χ2v) is 3.57. The lowest BCUT2D eigenvalue weighted by molar-refractivity contribution is -0.132. The van der Waals surface area contributed by atoms with E-state index in [0.717, 1.165) is 12.0 Å². The number of allylic oxidation sites excluding steroid dienone is 1. The summed E-state index contributed by atoms with van der Waals surface area (Å²) in [6.45, 7) is 0. The highest BCUT2D eigenvalue weighted by molar-refractivity contribution is 6.30. The molecule has 0 saturated heterocycles. The van der Waals surface area contributed by atoms with Crippen molar-refractivity contribution in [3.63, 3.8) is 0 Å². The predicted octanol–water partition coefficient (Wildman–Crippen LogP) is 2.20. The van der Waals surface area contributed by atoms with Crippen molar-refractivity contribution < 1.29 is 9.90 Å². The number of halogens is 1. The topological polar surface area (TPSA) is 63.3 Å². The quantitative estimate of drug-likeness (QED) is 0.773. The smallest absolute Gasteiger partial charge is 0.351 e. The van der Waals surface area contributed by atoms with E-state index < -0.39 is 5.97 Å². The molecule has 0 aliphatic carbocycles. The van der Waals surface area contributed by atoms with Crippen LogP contribution >= 0.6 is 11.6 Å². The first-order valence-electron chi connectivity index (χ1n) is 4.53. The molecule has 3 N–H and O–H groups in total. The minimum Gasteiger partial charge on any atom is -0.477 e. The molecule has 0 fully saturated rings. The first-order chi connectivity index (χ1) is 7.09. The zero-order valence-electron chi connectivity index (χ0n) is 8.11. The molecule has 1 aromatic rings. The second-order valence-electron chi connectivity index (χ2n) is 3.13. The number of nitrogens with two attached hydrogens (primary N) is 1. The molecule has 0 aromatic heterocycles. The molecule has 15 heavy (non-hydrogen) atoms. The number of carboxylic acids is 1. The molecule has 0 heterocycles. The molecule has 4 heteroatoms. The van der Waals surface area contributed by atoms with E-state index in [1.54, 1.807) is 12.1 Å². The van der Waals surface area contributed by atoms with Gasteiger partial charge in [0, 0.05) is 5.02 Å². The zero-order valence-corrected chi connectivity index (χ0v) is 8.87. The second kappa shape index (κ2) is 5.41. The van der Waals surface area contributed by atoms with Gasteiger partial charge in [-0.15, -0.1) is 0 Å². The summed E-state index contributed by atoms with van der Waals surface area (Å²) in [6.07, 6.45) is 2.88. The largest absolute Gasteiger partial charge is 0.477 e. The molecule has 0 radical (unpaired) electrons. The predicted molar refractivity (Wildman–Crippen MR) is 59.7 cm³/mol. The highest BCUT2D eigenvalue weighted by Crippen LogP contribution is 2.11. The number of hydrogen-bond acceptors (Lipinski definition) is 2. The van der Waals surface area contributed by atoms with E-state index in [9.17, 15) is 4.79 Å². The summed E-state index contributed by atoms with van der Waals surface area (Å²) in [6, 6.07) is 7.43. The van der Waals surface area contributed by atoms with E-state index in [-0.39, 0.29) is 5.70 Å². The van der Waals surface area contributed by atoms with Crippen molar-refractivity contribution in [1.29, 1.82) is 0 Å². The fourth-order valence-electron chi connectivity index (χ4n) is 1.13. The van der Waals surface area contributed by atoms with Crippen LogP contribution in [0.2, 0.25) is 5.02 Å². The molecule has 0 spiro atoms. The summed E-state index contributed by atoms with van der Waals surface area (Å²) >= 11 is 5.73. The molecule has 0 aliphatic heterocycles. The number of carbonyl (C=O) groups is 1. The monoisotopic (exact) mass is 225 g/mol. The Morgan fingerprint density at radius 2 is 2.00 bits per heavy atom. The van der Waals surface area contributed by atoms with Gasteiger partial charge >= 0.3 is 5.97 Å². The van der Waals surface area contributed by atoms with E-state index in [2.05, 4.69) is 0 Å². The Bertz CT molecular complexity index is 371. The van der Waals surface area contributed by atoms with Crippen LogP contribution in [0, 0.1) is 0 Å². The summed E-state index contributed by atoms with van der Waals surface area (Å²) in [5.41, 5.74) is 6.24. The number of aryl methyl sites for hydroxylation is 1. The van der Waals surface area contributed by atoms with Crippen molar-refractivity contribution in [1.82, 2.24) is 0 Å². The van der Waals surface area contributed by atoms with Gasteiger partial charge in [-0.2, -0.15) is 0 Å². The molecule has 0 bridgehead atoms. The maximum atomic E-state index is 10.4. The number of aliphatic carboxylic acids is 1. The van der Waals surface area contributed by atoms with Crippen molar-refractivity contribution >= 4 is 17.6 Å². The van der Waals surface area contributed by atoms with Crippen molar-refractivity contribution in [2.45, 2.75) is 12.8 Å². The van der Waals surface area contributed by atoms with Crippen LogP contribution in [-0.4, -0.2) is 11.1 Å². The summed E-state index contributed by atoms with van der Waals surface area (Å²) in [5, 5.41) is 9.20. The van der Waals surface area contributed by atoms with Gasteiger partial charge in [0.05, 0.1) is 0 Å². The van der Waals surface area contributed by atoms with Gasteiger partial charge in [-0.05, 0) is 30.5 Å². The summed E-state index contributed by atoms with van der Waals surface area (Å²) in [7, 11) is 0. The first kappa shape index (κ1) is 11.6. The third-order valence-electron chi connectivity index (χ3n) is 1.96. The Morgan fingerprint density at radius 1 is 1.40 bits per heavy atom. The van der Waals surface area contributed by atoms with Gasteiger partial charge in [0.2, 0.25) is 0 Å². The molecule has 0 aliphatic rings. The lowest BCUT2D eigenvalue weighted by Crippen LogP contribution is -2.09. The van der Waals surface area contributed by atoms with Crippen molar-refractivity contribution in [3.8, 4) is 0 Å². The Labute approximate surface area is 93.2 Å². The standard InChI is InChI=1S/C11H12ClNO2/c12-9-6-4-8(5-7-9)2-1-3-10(13)11(14)15/h3-7H,1-2,13H2,(H,14,15). The Hall–Kier alpha value is -1.48. The van der Waals surface area contributed by atoms with E-state index in [1.165, 1.54) is 6.08 Å². The Morgan fingerprint density at radius 3 is 2.53 bits per heavy atom. The highest BCUT2D eigenvalue weighted by Gasteiger charge is 1.99. The van der Waals surface area contributed by atoms with Crippen LogP contribution in [0.15, 0.2) is 36.0 Å². The van der Waals surface area contributed by atoms with Gasteiger partial charge in [0.15, 0.2) is 0 Å². The van der Waals surface area contributed by atoms with Gasteiger partial charge in [-0.25, -0.2) is 4.79 Å². The minimum atomic E-state index is -1.08. The third kappa shape index (κ3) is 4.04. The average Bonchev–Trinajstić information content (AvgIpc) is 2.20. The van der Waals surface area contributed by atoms with Gasteiger partial charge < -0.3 is 10.8 Å². The van der Waals surface area contributed by atoms with Crippen molar-refractivity contribution in [2.75, 3.05) is 0 Å². The van der Waals surface area contributed by atoms with Crippen LogP contribution in [0.4, 0.5) is 0 Å². The summed E-state index contributed by atoms with van der Waals surface area (Å²) in [4.78, 5) is 10.4. The van der Waals surface area contributed by atoms with E-state index in [0.29, 0.717) is 11.4 Å². The molecular formula is C11H12ClNO2. The first-order valence-corrected chi connectivity index (χ1v) is 4.91. The molecule has 0 amide bonds. The highest BCUT2D eigenvalue weighted by atomic mass is 35.5. The van der Waals surface area contributed by atoms with Crippen molar-refractivity contribution in [3.05, 3.63) is 46.6 Å². The maximum Gasteiger partial charge on any atom is 0.351 e. The molecule has 1 aromatic carbocycles. The van der Waals surface area contributed by atoms with Crippen LogP contribution in [0.3, 0.4) is 0 Å². The normalized spacial score (nSPS) is 11.4. The molecule has 1 rings (SSSR count). The fourth-order valence-corrected chi connectivity index (χ4v) is 1.26. The van der Waals surface area contributed by atoms with Gasteiger partial charge in [-0.3, -0.25) is 0 Å². The van der Waals surface area contributed by atoms with Crippen LogP contribution in [0.5, 0.6) is 0 Å². The Balaban J connectivity index is 2.48. The summed E-state index contributed by atoms with van der Waals surface area (Å²) < 4.78 is 0. The van der Waals surface area contributed by atoms with Crippen LogP contribution in [-0.2, 0) is 11.2 Å². The molecule has 3 nitrogen and oxygen atoms in total. The lowest BCUT2D eigenvalue weighted by Gasteiger charge is -1.98. The molecule has 0 atom stereocenters.